The SMILES string of the molecule is CCSCCC(C)NCCCC1CCCO1. The molecule has 1 aliphatic rings. The van der Waals surface area contributed by atoms with Crippen LogP contribution in [0.25, 0.3) is 0 Å². The second kappa shape index (κ2) is 9.32. The standard InChI is InChI=1S/C13H27NOS/c1-3-16-11-8-12(2)14-9-4-6-13-7-5-10-15-13/h12-14H,3-11H2,1-2H3. The molecule has 0 amide bonds. The van der Waals surface area contributed by atoms with E-state index in [9.17, 15) is 0 Å². The summed E-state index contributed by atoms with van der Waals surface area (Å²) in [5.41, 5.74) is 0. The van der Waals surface area contributed by atoms with Gasteiger partial charge in [0.1, 0.15) is 0 Å². The van der Waals surface area contributed by atoms with Gasteiger partial charge < -0.3 is 10.1 Å². The zero-order chi connectivity index (χ0) is 11.6. The molecule has 2 atom stereocenters. The van der Waals surface area contributed by atoms with Gasteiger partial charge in [-0.15, -0.1) is 0 Å². The Morgan fingerprint density at radius 2 is 2.38 bits per heavy atom. The summed E-state index contributed by atoms with van der Waals surface area (Å²) in [4.78, 5) is 0. The van der Waals surface area contributed by atoms with E-state index in [2.05, 4.69) is 19.2 Å². The lowest BCUT2D eigenvalue weighted by Crippen LogP contribution is -2.28. The summed E-state index contributed by atoms with van der Waals surface area (Å²) in [7, 11) is 0. The van der Waals surface area contributed by atoms with E-state index in [4.69, 9.17) is 4.74 Å². The minimum absolute atomic E-state index is 0.563. The third-order valence-electron chi connectivity index (χ3n) is 3.12. The molecule has 0 bridgehead atoms. The maximum atomic E-state index is 5.61. The molecule has 16 heavy (non-hydrogen) atoms. The van der Waals surface area contributed by atoms with Crippen LogP contribution in [0.3, 0.4) is 0 Å². The molecule has 0 spiro atoms. The van der Waals surface area contributed by atoms with Crippen LogP contribution in [-0.2, 0) is 4.74 Å². The quantitative estimate of drug-likeness (QED) is 0.631. The van der Waals surface area contributed by atoms with E-state index in [1.807, 2.05) is 11.8 Å². The van der Waals surface area contributed by atoms with Crippen LogP contribution in [-0.4, -0.2) is 36.8 Å². The van der Waals surface area contributed by atoms with Crippen LogP contribution in [0.5, 0.6) is 0 Å². The molecule has 0 radical (unpaired) electrons. The molecule has 1 N–H and O–H groups in total. The van der Waals surface area contributed by atoms with Crippen molar-refractivity contribution in [3.8, 4) is 0 Å². The summed E-state index contributed by atoms with van der Waals surface area (Å²) < 4.78 is 5.61. The van der Waals surface area contributed by atoms with Crippen molar-refractivity contribution in [3.05, 3.63) is 0 Å². The van der Waals surface area contributed by atoms with Crippen molar-refractivity contribution < 1.29 is 4.74 Å². The first kappa shape index (κ1) is 14.3. The van der Waals surface area contributed by atoms with Crippen molar-refractivity contribution >= 4 is 11.8 Å². The smallest absolute Gasteiger partial charge is 0.0576 e. The molecule has 2 nitrogen and oxygen atoms in total. The Balaban J connectivity index is 1.85. The summed E-state index contributed by atoms with van der Waals surface area (Å²) in [6, 6.07) is 0.670. The van der Waals surface area contributed by atoms with Gasteiger partial charge in [-0.1, -0.05) is 6.92 Å². The number of nitrogens with one attached hydrogen (secondary N) is 1. The van der Waals surface area contributed by atoms with Crippen LogP contribution in [0.2, 0.25) is 0 Å². The molecule has 0 saturated carbocycles. The zero-order valence-electron chi connectivity index (χ0n) is 10.8. The third kappa shape index (κ3) is 6.77. The largest absolute Gasteiger partial charge is 0.378 e. The fourth-order valence-electron chi connectivity index (χ4n) is 2.06. The fourth-order valence-corrected chi connectivity index (χ4v) is 2.87. The highest BCUT2D eigenvalue weighted by atomic mass is 32.2. The van der Waals surface area contributed by atoms with Gasteiger partial charge in [0, 0.05) is 12.6 Å². The Labute approximate surface area is 105 Å². The predicted octanol–water partition coefficient (Wildman–Crippen LogP) is 3.07. The van der Waals surface area contributed by atoms with Gasteiger partial charge in [-0.05, 0) is 57.1 Å². The Kier molecular flexibility index (Phi) is 8.34. The van der Waals surface area contributed by atoms with Gasteiger partial charge in [0.05, 0.1) is 6.10 Å². The van der Waals surface area contributed by atoms with Crippen molar-refractivity contribution in [2.45, 2.75) is 58.1 Å². The maximum absolute atomic E-state index is 5.61. The molecular formula is C13H27NOS. The topological polar surface area (TPSA) is 21.3 Å². The highest BCUT2D eigenvalue weighted by Crippen LogP contribution is 2.16. The molecule has 1 heterocycles. The number of hydrogen-bond acceptors (Lipinski definition) is 3. The number of hydrogen-bond donors (Lipinski definition) is 1. The molecule has 1 aliphatic heterocycles. The average Bonchev–Trinajstić information content (AvgIpc) is 2.78. The summed E-state index contributed by atoms with van der Waals surface area (Å²) in [5, 5.41) is 3.60. The highest BCUT2D eigenvalue weighted by Gasteiger charge is 2.14. The van der Waals surface area contributed by atoms with E-state index < -0.39 is 0 Å². The van der Waals surface area contributed by atoms with E-state index in [1.165, 1.54) is 43.6 Å². The van der Waals surface area contributed by atoms with Gasteiger partial charge in [0.25, 0.3) is 0 Å². The zero-order valence-corrected chi connectivity index (χ0v) is 11.7. The minimum atomic E-state index is 0.563. The molecule has 1 rings (SSSR count). The van der Waals surface area contributed by atoms with E-state index >= 15 is 0 Å². The van der Waals surface area contributed by atoms with Gasteiger partial charge in [-0.2, -0.15) is 11.8 Å². The maximum Gasteiger partial charge on any atom is 0.0576 e. The molecule has 0 aromatic heterocycles. The second-order valence-corrected chi connectivity index (χ2v) is 6.01. The van der Waals surface area contributed by atoms with Gasteiger partial charge >= 0.3 is 0 Å². The molecule has 0 aliphatic carbocycles. The molecule has 1 saturated heterocycles. The molecule has 2 unspecified atom stereocenters. The van der Waals surface area contributed by atoms with Crippen LogP contribution in [0.4, 0.5) is 0 Å². The minimum Gasteiger partial charge on any atom is -0.378 e. The van der Waals surface area contributed by atoms with Crippen LogP contribution in [0, 0.1) is 0 Å². The Morgan fingerprint density at radius 1 is 1.50 bits per heavy atom. The van der Waals surface area contributed by atoms with Crippen molar-refractivity contribution in [3.63, 3.8) is 0 Å². The molecular weight excluding hydrogens is 218 g/mol. The third-order valence-corrected chi connectivity index (χ3v) is 4.05. The summed E-state index contributed by atoms with van der Waals surface area (Å²) >= 11 is 2.04. The lowest BCUT2D eigenvalue weighted by Gasteiger charge is -2.14. The van der Waals surface area contributed by atoms with Gasteiger partial charge in [-0.25, -0.2) is 0 Å². The number of thioether (sulfide) groups is 1. The Bertz CT molecular complexity index is 160. The first-order valence-corrected chi connectivity index (χ1v) is 7.91. The first-order chi connectivity index (χ1) is 7.83. The van der Waals surface area contributed by atoms with E-state index in [-0.39, 0.29) is 0 Å². The summed E-state index contributed by atoms with van der Waals surface area (Å²) in [6.07, 6.45) is 6.90. The summed E-state index contributed by atoms with van der Waals surface area (Å²) in [5.74, 6) is 2.53. The molecule has 96 valence electrons. The molecule has 3 heteroatoms. The van der Waals surface area contributed by atoms with Crippen LogP contribution in [0.1, 0.15) is 46.0 Å². The van der Waals surface area contributed by atoms with Crippen molar-refractivity contribution in [1.82, 2.24) is 5.32 Å². The van der Waals surface area contributed by atoms with Gasteiger partial charge in [-0.3, -0.25) is 0 Å². The van der Waals surface area contributed by atoms with E-state index in [0.717, 1.165) is 13.2 Å². The fraction of sp³-hybridized carbons (Fsp3) is 1.00. The van der Waals surface area contributed by atoms with E-state index in [0.29, 0.717) is 12.1 Å². The van der Waals surface area contributed by atoms with Crippen LogP contribution < -0.4 is 5.32 Å². The first-order valence-electron chi connectivity index (χ1n) is 6.75. The lowest BCUT2D eigenvalue weighted by molar-refractivity contribution is 0.102. The number of ether oxygens (including phenoxy) is 1. The highest BCUT2D eigenvalue weighted by molar-refractivity contribution is 7.99. The van der Waals surface area contributed by atoms with Crippen molar-refractivity contribution in [1.29, 1.82) is 0 Å². The van der Waals surface area contributed by atoms with Gasteiger partial charge in [0.2, 0.25) is 0 Å². The molecule has 1 fully saturated rings. The van der Waals surface area contributed by atoms with E-state index in [1.54, 1.807) is 0 Å². The number of rotatable bonds is 9. The molecule has 0 aromatic carbocycles. The average molecular weight is 245 g/mol. The summed E-state index contributed by atoms with van der Waals surface area (Å²) in [6.45, 7) is 6.66. The van der Waals surface area contributed by atoms with Crippen molar-refractivity contribution in [2.75, 3.05) is 24.7 Å². The predicted molar refractivity (Wildman–Crippen MR) is 73.3 cm³/mol. The second-order valence-electron chi connectivity index (χ2n) is 4.62. The normalized spacial score (nSPS) is 22.5. The van der Waals surface area contributed by atoms with Crippen LogP contribution >= 0.6 is 11.8 Å². The lowest BCUT2D eigenvalue weighted by atomic mass is 10.1. The van der Waals surface area contributed by atoms with Crippen LogP contribution in [0.15, 0.2) is 0 Å². The molecule has 0 aromatic rings. The Morgan fingerprint density at radius 3 is 3.06 bits per heavy atom. The monoisotopic (exact) mass is 245 g/mol. The van der Waals surface area contributed by atoms with Gasteiger partial charge in [0.15, 0.2) is 0 Å². The Hall–Kier alpha value is 0.270. The van der Waals surface area contributed by atoms with Crippen molar-refractivity contribution in [2.24, 2.45) is 0 Å².